The monoisotopic (exact) mass is 290 g/mol. The van der Waals surface area contributed by atoms with Gasteiger partial charge in [0, 0.05) is 38.8 Å². The molecule has 2 fully saturated rings. The summed E-state index contributed by atoms with van der Waals surface area (Å²) < 4.78 is 1.81. The molecular formula is C16H26N4O. The summed E-state index contributed by atoms with van der Waals surface area (Å²) in [7, 11) is 1.92. The largest absolute Gasteiger partial charge is 0.355 e. The number of carbonyl (C=O) groups is 1. The fraction of sp³-hybridized carbons (Fsp3) is 0.750. The van der Waals surface area contributed by atoms with E-state index in [4.69, 9.17) is 0 Å². The summed E-state index contributed by atoms with van der Waals surface area (Å²) in [6.45, 7) is 4.75. The summed E-state index contributed by atoms with van der Waals surface area (Å²) in [4.78, 5) is 12.6. The Morgan fingerprint density at radius 2 is 2.24 bits per heavy atom. The van der Waals surface area contributed by atoms with Crippen LogP contribution in [0.4, 0.5) is 0 Å². The number of aromatic nitrogens is 2. The lowest BCUT2D eigenvalue weighted by molar-refractivity contribution is -0.125. The van der Waals surface area contributed by atoms with Crippen LogP contribution in [-0.2, 0) is 11.8 Å². The van der Waals surface area contributed by atoms with Crippen LogP contribution in [0.3, 0.4) is 0 Å². The highest BCUT2D eigenvalue weighted by Crippen LogP contribution is 2.37. The summed E-state index contributed by atoms with van der Waals surface area (Å²) in [5.41, 5.74) is 1.47. The average Bonchev–Trinajstić information content (AvgIpc) is 3.16. The van der Waals surface area contributed by atoms with E-state index in [-0.39, 0.29) is 17.7 Å². The van der Waals surface area contributed by atoms with Crippen LogP contribution >= 0.6 is 0 Å². The van der Waals surface area contributed by atoms with Gasteiger partial charge in [-0.15, -0.1) is 0 Å². The van der Waals surface area contributed by atoms with E-state index in [0.29, 0.717) is 5.41 Å². The van der Waals surface area contributed by atoms with Crippen LogP contribution in [0.2, 0.25) is 0 Å². The van der Waals surface area contributed by atoms with Crippen molar-refractivity contribution in [3.8, 4) is 0 Å². The van der Waals surface area contributed by atoms with E-state index in [0.717, 1.165) is 25.2 Å². The minimum atomic E-state index is 0.0270. The van der Waals surface area contributed by atoms with E-state index >= 15 is 0 Å². The number of carbonyl (C=O) groups excluding carboxylic acids is 1. The summed E-state index contributed by atoms with van der Waals surface area (Å²) in [5.74, 6) is 0.469. The van der Waals surface area contributed by atoms with Gasteiger partial charge in [0.15, 0.2) is 0 Å². The number of hydrogen-bond donors (Lipinski definition) is 2. The number of rotatable bonds is 4. The molecule has 0 radical (unpaired) electrons. The van der Waals surface area contributed by atoms with Crippen molar-refractivity contribution in [2.24, 2.45) is 18.4 Å². The van der Waals surface area contributed by atoms with E-state index < -0.39 is 0 Å². The first-order valence-electron chi connectivity index (χ1n) is 8.04. The lowest BCUT2D eigenvalue weighted by Gasteiger charge is -2.25. The Labute approximate surface area is 126 Å². The normalized spacial score (nSPS) is 27.9. The predicted octanol–water partition coefficient (Wildman–Crippen LogP) is 1.42. The van der Waals surface area contributed by atoms with Crippen molar-refractivity contribution in [2.75, 3.05) is 19.6 Å². The van der Waals surface area contributed by atoms with Crippen molar-refractivity contribution >= 4 is 5.91 Å². The van der Waals surface area contributed by atoms with Gasteiger partial charge in [-0.05, 0) is 23.8 Å². The standard InChI is InChI=1S/C16H26N4O/c1-16(5-3-4-6-16)11-18-15(21)14-9-17-8-13(14)12-7-19-20(2)10-12/h7,10,13-14,17H,3-6,8-9,11H2,1-2H3,(H,18,21)/t13-,14+/m1/s1. The third-order valence-electron chi connectivity index (χ3n) is 5.20. The number of hydrogen-bond acceptors (Lipinski definition) is 3. The number of nitrogens with zero attached hydrogens (tertiary/aromatic N) is 2. The van der Waals surface area contributed by atoms with Crippen molar-refractivity contribution < 1.29 is 4.79 Å². The number of aryl methyl sites for hydroxylation is 1. The van der Waals surface area contributed by atoms with Crippen LogP contribution < -0.4 is 10.6 Å². The molecular weight excluding hydrogens is 264 g/mol. The zero-order chi connectivity index (χ0) is 14.9. The lowest BCUT2D eigenvalue weighted by atomic mass is 9.87. The van der Waals surface area contributed by atoms with E-state index in [9.17, 15) is 4.79 Å². The third kappa shape index (κ3) is 3.12. The van der Waals surface area contributed by atoms with Gasteiger partial charge in [-0.25, -0.2) is 0 Å². The number of nitrogens with one attached hydrogen (secondary N) is 2. The second-order valence-electron chi connectivity index (χ2n) is 7.05. The smallest absolute Gasteiger partial charge is 0.225 e. The molecule has 0 bridgehead atoms. The van der Waals surface area contributed by atoms with Crippen LogP contribution in [0.15, 0.2) is 12.4 Å². The van der Waals surface area contributed by atoms with Gasteiger partial charge >= 0.3 is 0 Å². The molecule has 2 heterocycles. The maximum Gasteiger partial charge on any atom is 0.225 e. The number of amides is 1. The van der Waals surface area contributed by atoms with Gasteiger partial charge in [-0.3, -0.25) is 9.48 Å². The fourth-order valence-electron chi connectivity index (χ4n) is 3.77. The molecule has 0 aromatic carbocycles. The molecule has 116 valence electrons. The van der Waals surface area contributed by atoms with E-state index in [1.54, 1.807) is 0 Å². The first kappa shape index (κ1) is 14.6. The molecule has 1 aliphatic carbocycles. The van der Waals surface area contributed by atoms with E-state index in [2.05, 4.69) is 22.7 Å². The maximum atomic E-state index is 12.6. The highest BCUT2D eigenvalue weighted by Gasteiger charge is 2.36. The molecule has 2 aliphatic rings. The van der Waals surface area contributed by atoms with Crippen molar-refractivity contribution in [3.63, 3.8) is 0 Å². The van der Waals surface area contributed by atoms with Crippen molar-refractivity contribution in [3.05, 3.63) is 18.0 Å². The quantitative estimate of drug-likeness (QED) is 0.882. The predicted molar refractivity (Wildman–Crippen MR) is 81.9 cm³/mol. The average molecular weight is 290 g/mol. The first-order valence-corrected chi connectivity index (χ1v) is 8.04. The van der Waals surface area contributed by atoms with Gasteiger partial charge in [0.25, 0.3) is 0 Å². The third-order valence-corrected chi connectivity index (χ3v) is 5.20. The van der Waals surface area contributed by atoms with Crippen molar-refractivity contribution in [2.45, 2.75) is 38.5 Å². The van der Waals surface area contributed by atoms with Crippen LogP contribution in [0, 0.1) is 11.3 Å². The highest BCUT2D eigenvalue weighted by atomic mass is 16.1. The molecule has 2 atom stereocenters. The topological polar surface area (TPSA) is 59.0 Å². The summed E-state index contributed by atoms with van der Waals surface area (Å²) in [5, 5.41) is 10.8. The zero-order valence-electron chi connectivity index (χ0n) is 13.1. The molecule has 1 saturated carbocycles. The maximum absolute atomic E-state index is 12.6. The molecule has 1 aromatic rings. The van der Waals surface area contributed by atoms with Gasteiger partial charge in [0.1, 0.15) is 0 Å². The molecule has 2 N–H and O–H groups in total. The second-order valence-corrected chi connectivity index (χ2v) is 7.05. The van der Waals surface area contributed by atoms with Crippen LogP contribution in [-0.4, -0.2) is 35.3 Å². The van der Waals surface area contributed by atoms with Crippen LogP contribution in [0.25, 0.3) is 0 Å². The second kappa shape index (κ2) is 5.79. The Hall–Kier alpha value is -1.36. The summed E-state index contributed by atoms with van der Waals surface area (Å²) in [6.07, 6.45) is 8.99. The first-order chi connectivity index (χ1) is 10.1. The van der Waals surface area contributed by atoms with Crippen molar-refractivity contribution in [1.29, 1.82) is 0 Å². The fourth-order valence-corrected chi connectivity index (χ4v) is 3.77. The summed E-state index contributed by atoms with van der Waals surface area (Å²) >= 11 is 0. The Morgan fingerprint density at radius 3 is 2.90 bits per heavy atom. The van der Waals surface area contributed by atoms with E-state index in [1.807, 2.05) is 24.1 Å². The molecule has 1 amide bonds. The van der Waals surface area contributed by atoms with Gasteiger partial charge in [-0.1, -0.05) is 19.8 Å². The Bertz CT molecular complexity index is 504. The van der Waals surface area contributed by atoms with Crippen LogP contribution in [0.1, 0.15) is 44.1 Å². The molecule has 1 aliphatic heterocycles. The minimum absolute atomic E-state index is 0.0270. The Kier molecular flexibility index (Phi) is 4.02. The minimum Gasteiger partial charge on any atom is -0.355 e. The van der Waals surface area contributed by atoms with Gasteiger partial charge in [0.2, 0.25) is 5.91 Å². The molecule has 5 heteroatoms. The van der Waals surface area contributed by atoms with Gasteiger partial charge in [0.05, 0.1) is 12.1 Å². The van der Waals surface area contributed by atoms with Crippen molar-refractivity contribution in [1.82, 2.24) is 20.4 Å². The molecule has 0 unspecified atom stereocenters. The molecule has 3 rings (SSSR count). The van der Waals surface area contributed by atoms with E-state index in [1.165, 1.54) is 25.7 Å². The Balaban J connectivity index is 1.60. The zero-order valence-corrected chi connectivity index (χ0v) is 13.1. The highest BCUT2D eigenvalue weighted by molar-refractivity contribution is 5.80. The van der Waals surface area contributed by atoms with Gasteiger partial charge < -0.3 is 10.6 Å². The SMILES string of the molecule is Cn1cc([C@H]2CNC[C@@H]2C(=O)NCC2(C)CCCC2)cn1. The molecule has 5 nitrogen and oxygen atoms in total. The molecule has 21 heavy (non-hydrogen) atoms. The molecule has 1 aromatic heterocycles. The lowest BCUT2D eigenvalue weighted by Crippen LogP contribution is -2.39. The van der Waals surface area contributed by atoms with Crippen LogP contribution in [0.5, 0.6) is 0 Å². The molecule has 0 spiro atoms. The Morgan fingerprint density at radius 1 is 1.48 bits per heavy atom. The van der Waals surface area contributed by atoms with Gasteiger partial charge in [-0.2, -0.15) is 5.10 Å². The summed E-state index contributed by atoms with van der Waals surface area (Å²) in [6, 6.07) is 0. The molecule has 1 saturated heterocycles.